The first-order valence-electron chi connectivity index (χ1n) is 9.73. The highest BCUT2D eigenvalue weighted by atomic mass is 16.2. The molecule has 0 radical (unpaired) electrons. The number of carbonyl (C=O) groups excluding carboxylic acids is 3. The van der Waals surface area contributed by atoms with Crippen LogP contribution in [0.4, 0.5) is 5.69 Å². The van der Waals surface area contributed by atoms with Gasteiger partial charge in [0, 0.05) is 17.9 Å². The van der Waals surface area contributed by atoms with Gasteiger partial charge in [0.2, 0.25) is 11.8 Å². The van der Waals surface area contributed by atoms with Crippen molar-refractivity contribution in [1.82, 2.24) is 0 Å². The van der Waals surface area contributed by atoms with Gasteiger partial charge >= 0.3 is 0 Å². The summed E-state index contributed by atoms with van der Waals surface area (Å²) in [5, 5.41) is 0. The molecule has 142 valence electrons. The first kappa shape index (κ1) is 18.4. The van der Waals surface area contributed by atoms with E-state index >= 15 is 0 Å². The molecular formula is C24H23NO3. The molecule has 1 aliphatic heterocycles. The first-order valence-corrected chi connectivity index (χ1v) is 9.73. The lowest BCUT2D eigenvalue weighted by Crippen LogP contribution is -2.54. The first-order chi connectivity index (χ1) is 13.5. The number of nitrogens with zero attached hydrogens (tertiary/aromatic N) is 1. The van der Waals surface area contributed by atoms with Gasteiger partial charge in [-0.25, -0.2) is 4.90 Å². The molecule has 4 rings (SSSR count). The van der Waals surface area contributed by atoms with Crippen molar-refractivity contribution in [3.8, 4) is 0 Å². The van der Waals surface area contributed by atoms with Gasteiger partial charge in [0.15, 0.2) is 5.78 Å². The van der Waals surface area contributed by atoms with Gasteiger partial charge in [-0.3, -0.25) is 14.4 Å². The molecule has 2 aromatic carbocycles. The van der Waals surface area contributed by atoms with Crippen molar-refractivity contribution in [2.45, 2.75) is 38.5 Å². The number of amides is 2. The fourth-order valence-corrected chi connectivity index (χ4v) is 4.58. The smallest absolute Gasteiger partial charge is 0.244 e. The molecule has 0 N–H and O–H groups in total. The number of hydrogen-bond acceptors (Lipinski definition) is 3. The molecule has 1 aliphatic carbocycles. The SMILES string of the molecule is CC(=O)C1=CC(c2ccccc2)CCC12CCC(=O)N(c1ccccc1)C2=O. The summed E-state index contributed by atoms with van der Waals surface area (Å²) in [5.74, 6) is -0.435. The molecule has 0 saturated carbocycles. The summed E-state index contributed by atoms with van der Waals surface area (Å²) in [6.07, 6.45) is 4.00. The highest BCUT2D eigenvalue weighted by Gasteiger charge is 2.52. The zero-order valence-corrected chi connectivity index (χ0v) is 15.9. The second kappa shape index (κ2) is 7.19. The Morgan fingerprint density at radius 3 is 2.25 bits per heavy atom. The molecule has 1 heterocycles. The second-order valence-corrected chi connectivity index (χ2v) is 7.64. The third-order valence-corrected chi connectivity index (χ3v) is 6.01. The third-order valence-electron chi connectivity index (χ3n) is 6.01. The fourth-order valence-electron chi connectivity index (χ4n) is 4.58. The van der Waals surface area contributed by atoms with E-state index in [9.17, 15) is 14.4 Å². The van der Waals surface area contributed by atoms with Crippen molar-refractivity contribution in [3.05, 3.63) is 77.9 Å². The molecule has 0 bridgehead atoms. The Bertz CT molecular complexity index is 948. The number of imide groups is 1. The summed E-state index contributed by atoms with van der Waals surface area (Å²) in [7, 11) is 0. The van der Waals surface area contributed by atoms with Gasteiger partial charge in [-0.15, -0.1) is 0 Å². The lowest BCUT2D eigenvalue weighted by Gasteiger charge is -2.44. The van der Waals surface area contributed by atoms with Gasteiger partial charge in [0.1, 0.15) is 0 Å². The number of hydrogen-bond donors (Lipinski definition) is 0. The van der Waals surface area contributed by atoms with Crippen molar-refractivity contribution in [2.75, 3.05) is 4.90 Å². The van der Waals surface area contributed by atoms with E-state index in [0.717, 1.165) is 12.0 Å². The summed E-state index contributed by atoms with van der Waals surface area (Å²) in [4.78, 5) is 40.1. The van der Waals surface area contributed by atoms with Crippen LogP contribution in [-0.4, -0.2) is 17.6 Å². The molecular weight excluding hydrogens is 350 g/mol. The normalized spacial score (nSPS) is 25.0. The van der Waals surface area contributed by atoms with Crippen molar-refractivity contribution in [3.63, 3.8) is 0 Å². The maximum absolute atomic E-state index is 13.6. The van der Waals surface area contributed by atoms with Crippen molar-refractivity contribution >= 4 is 23.3 Å². The molecule has 0 aromatic heterocycles. The van der Waals surface area contributed by atoms with Crippen LogP contribution in [0.5, 0.6) is 0 Å². The monoisotopic (exact) mass is 373 g/mol. The van der Waals surface area contributed by atoms with Crippen LogP contribution in [0.1, 0.15) is 44.1 Å². The lowest BCUT2D eigenvalue weighted by atomic mass is 9.63. The van der Waals surface area contributed by atoms with Crippen LogP contribution in [0.2, 0.25) is 0 Å². The van der Waals surface area contributed by atoms with Gasteiger partial charge in [-0.1, -0.05) is 54.6 Å². The van der Waals surface area contributed by atoms with Gasteiger partial charge < -0.3 is 0 Å². The Morgan fingerprint density at radius 2 is 1.61 bits per heavy atom. The number of para-hydroxylation sites is 1. The Balaban J connectivity index is 1.76. The Labute approximate surface area is 164 Å². The topological polar surface area (TPSA) is 54.5 Å². The maximum atomic E-state index is 13.6. The standard InChI is InChI=1S/C24H23NO3/c1-17(26)21-16-19(18-8-4-2-5-9-18)12-14-24(21)15-13-22(27)25(23(24)28)20-10-6-3-7-11-20/h2-11,16,19H,12-15H2,1H3. The summed E-state index contributed by atoms with van der Waals surface area (Å²) in [5.41, 5.74) is 1.38. The number of benzene rings is 2. The lowest BCUT2D eigenvalue weighted by molar-refractivity contribution is -0.138. The third kappa shape index (κ3) is 2.99. The number of rotatable bonds is 3. The number of ketones is 1. The molecule has 2 unspecified atom stereocenters. The van der Waals surface area contributed by atoms with E-state index in [1.807, 2.05) is 42.5 Å². The molecule has 4 heteroatoms. The zero-order chi connectivity index (χ0) is 19.7. The summed E-state index contributed by atoms with van der Waals surface area (Å²) < 4.78 is 0. The highest BCUT2D eigenvalue weighted by Crippen LogP contribution is 2.50. The summed E-state index contributed by atoms with van der Waals surface area (Å²) in [6.45, 7) is 1.53. The van der Waals surface area contributed by atoms with E-state index in [1.165, 1.54) is 11.8 Å². The molecule has 2 aromatic rings. The number of piperidine rings is 1. The van der Waals surface area contributed by atoms with Crippen LogP contribution in [0.3, 0.4) is 0 Å². The van der Waals surface area contributed by atoms with Crippen molar-refractivity contribution in [2.24, 2.45) is 5.41 Å². The average Bonchev–Trinajstić information content (AvgIpc) is 2.73. The minimum Gasteiger partial charge on any atom is -0.295 e. The predicted molar refractivity (Wildman–Crippen MR) is 108 cm³/mol. The zero-order valence-electron chi connectivity index (χ0n) is 15.9. The molecule has 1 saturated heterocycles. The molecule has 4 nitrogen and oxygen atoms in total. The van der Waals surface area contributed by atoms with E-state index in [-0.39, 0.29) is 29.9 Å². The minimum absolute atomic E-state index is 0.0867. The molecule has 28 heavy (non-hydrogen) atoms. The van der Waals surface area contributed by atoms with Gasteiger partial charge in [-0.05, 0) is 43.9 Å². The minimum atomic E-state index is -0.902. The Morgan fingerprint density at radius 1 is 0.964 bits per heavy atom. The Hall–Kier alpha value is -3.01. The van der Waals surface area contributed by atoms with Crippen LogP contribution in [-0.2, 0) is 14.4 Å². The molecule has 2 amide bonds. The van der Waals surface area contributed by atoms with Crippen molar-refractivity contribution < 1.29 is 14.4 Å². The molecule has 2 aliphatic rings. The molecule has 1 spiro atoms. The van der Waals surface area contributed by atoms with E-state index < -0.39 is 5.41 Å². The largest absolute Gasteiger partial charge is 0.295 e. The maximum Gasteiger partial charge on any atom is 0.244 e. The number of Topliss-reactive ketones (excluding diaryl/α,β-unsaturated/α-hetero) is 1. The van der Waals surface area contributed by atoms with E-state index in [1.54, 1.807) is 12.1 Å². The molecule has 2 atom stereocenters. The fraction of sp³-hybridized carbons (Fsp3) is 0.292. The predicted octanol–water partition coefficient (Wildman–Crippen LogP) is 4.42. The van der Waals surface area contributed by atoms with E-state index in [4.69, 9.17) is 0 Å². The van der Waals surface area contributed by atoms with Crippen LogP contribution in [0.25, 0.3) is 0 Å². The number of allylic oxidation sites excluding steroid dienone is 1. The molecule has 1 fully saturated rings. The number of anilines is 1. The van der Waals surface area contributed by atoms with Gasteiger partial charge in [0.05, 0.1) is 11.1 Å². The van der Waals surface area contributed by atoms with E-state index in [0.29, 0.717) is 24.1 Å². The second-order valence-electron chi connectivity index (χ2n) is 7.64. The highest BCUT2D eigenvalue weighted by molar-refractivity contribution is 6.21. The quantitative estimate of drug-likeness (QED) is 0.749. The van der Waals surface area contributed by atoms with Crippen LogP contribution < -0.4 is 4.90 Å². The summed E-state index contributed by atoms with van der Waals surface area (Å²) in [6, 6.07) is 19.1. The summed E-state index contributed by atoms with van der Waals surface area (Å²) >= 11 is 0. The van der Waals surface area contributed by atoms with Crippen LogP contribution in [0, 0.1) is 5.41 Å². The van der Waals surface area contributed by atoms with Crippen molar-refractivity contribution in [1.29, 1.82) is 0 Å². The van der Waals surface area contributed by atoms with Crippen LogP contribution in [0.15, 0.2) is 72.3 Å². The van der Waals surface area contributed by atoms with Gasteiger partial charge in [0.25, 0.3) is 0 Å². The average molecular weight is 373 g/mol. The van der Waals surface area contributed by atoms with Crippen LogP contribution >= 0.6 is 0 Å². The van der Waals surface area contributed by atoms with Gasteiger partial charge in [-0.2, -0.15) is 0 Å². The Kier molecular flexibility index (Phi) is 4.71. The van der Waals surface area contributed by atoms with E-state index in [2.05, 4.69) is 12.1 Å². The number of carbonyl (C=O) groups is 3.